The molecule has 0 unspecified atom stereocenters. The van der Waals surface area contributed by atoms with Crippen molar-refractivity contribution in [1.82, 2.24) is 9.97 Å². The molecule has 7 heteroatoms. The Labute approximate surface area is 139 Å². The number of hydrogen-bond donors (Lipinski definition) is 1. The van der Waals surface area contributed by atoms with Crippen molar-refractivity contribution in [2.75, 3.05) is 23.3 Å². The molecule has 1 fully saturated rings. The number of carbonyl (C=O) groups is 1. The monoisotopic (exact) mass is 332 g/mol. The van der Waals surface area contributed by atoms with Gasteiger partial charge < -0.3 is 9.64 Å². The van der Waals surface area contributed by atoms with Crippen molar-refractivity contribution in [3.63, 3.8) is 0 Å². The molecule has 0 aliphatic carbocycles. The summed E-state index contributed by atoms with van der Waals surface area (Å²) in [4.78, 5) is 23.0. The van der Waals surface area contributed by atoms with Gasteiger partial charge in [-0.25, -0.2) is 9.97 Å². The lowest BCUT2D eigenvalue weighted by molar-refractivity contribution is -0.00546. The fourth-order valence-electron chi connectivity index (χ4n) is 2.65. The summed E-state index contributed by atoms with van der Waals surface area (Å²) in [6.07, 6.45) is 1.96. The predicted molar refractivity (Wildman–Crippen MR) is 91.3 cm³/mol. The summed E-state index contributed by atoms with van der Waals surface area (Å²) < 4.78 is 5.73. The van der Waals surface area contributed by atoms with Crippen molar-refractivity contribution < 1.29 is 9.53 Å². The van der Waals surface area contributed by atoms with Gasteiger partial charge in [0, 0.05) is 24.7 Å². The Morgan fingerprint density at radius 2 is 2.09 bits per heavy atom. The normalized spacial score (nSPS) is 21.3. The second kappa shape index (κ2) is 6.64. The molecule has 3 heterocycles. The van der Waals surface area contributed by atoms with Gasteiger partial charge in [0.15, 0.2) is 5.13 Å². The Kier molecular flexibility index (Phi) is 4.58. The third-order valence-corrected chi connectivity index (χ3v) is 4.47. The molecule has 0 bridgehead atoms. The van der Waals surface area contributed by atoms with E-state index in [4.69, 9.17) is 4.74 Å². The minimum absolute atomic E-state index is 0.177. The van der Waals surface area contributed by atoms with Gasteiger partial charge in [0.25, 0.3) is 5.91 Å². The van der Waals surface area contributed by atoms with Crippen molar-refractivity contribution in [2.45, 2.75) is 33.0 Å². The van der Waals surface area contributed by atoms with Gasteiger partial charge in [-0.1, -0.05) is 0 Å². The van der Waals surface area contributed by atoms with Crippen LogP contribution in [-0.2, 0) is 4.74 Å². The average Bonchev–Trinajstić information content (AvgIpc) is 2.91. The first-order chi connectivity index (χ1) is 11.0. The zero-order valence-electron chi connectivity index (χ0n) is 13.4. The number of rotatable bonds is 3. The molecule has 2 atom stereocenters. The van der Waals surface area contributed by atoms with Gasteiger partial charge in [0.05, 0.1) is 23.5 Å². The fraction of sp³-hybridized carbons (Fsp3) is 0.438. The number of nitrogens with zero attached hydrogens (tertiary/aromatic N) is 3. The van der Waals surface area contributed by atoms with Crippen LogP contribution in [0.25, 0.3) is 0 Å². The minimum Gasteiger partial charge on any atom is -0.372 e. The number of ether oxygens (including phenoxy) is 1. The highest BCUT2D eigenvalue weighted by Gasteiger charge is 2.23. The van der Waals surface area contributed by atoms with Crippen molar-refractivity contribution in [3.8, 4) is 0 Å². The molecule has 1 amide bonds. The van der Waals surface area contributed by atoms with E-state index in [0.717, 1.165) is 24.6 Å². The molecule has 2 aromatic rings. The van der Waals surface area contributed by atoms with Crippen molar-refractivity contribution in [3.05, 3.63) is 35.0 Å². The number of amides is 1. The van der Waals surface area contributed by atoms with Crippen molar-refractivity contribution in [2.24, 2.45) is 0 Å². The molecule has 0 radical (unpaired) electrons. The number of hydrogen-bond acceptors (Lipinski definition) is 6. The molecule has 1 aliphatic heterocycles. The summed E-state index contributed by atoms with van der Waals surface area (Å²) >= 11 is 1.41. The SMILES string of the molecule is Cc1csc(NC(=O)c2ccc(N3C[C@@H](C)O[C@@H](C)C3)nc2)n1. The van der Waals surface area contributed by atoms with E-state index in [-0.39, 0.29) is 18.1 Å². The lowest BCUT2D eigenvalue weighted by Crippen LogP contribution is -2.45. The maximum Gasteiger partial charge on any atom is 0.259 e. The van der Waals surface area contributed by atoms with Gasteiger partial charge in [-0.2, -0.15) is 0 Å². The number of aromatic nitrogens is 2. The second-order valence-corrected chi connectivity index (χ2v) is 6.67. The number of pyridine rings is 1. The molecule has 23 heavy (non-hydrogen) atoms. The minimum atomic E-state index is -0.192. The highest BCUT2D eigenvalue weighted by molar-refractivity contribution is 7.13. The molecule has 122 valence electrons. The maximum absolute atomic E-state index is 12.2. The molecular formula is C16H20N4O2S. The summed E-state index contributed by atoms with van der Waals surface area (Å²) in [6, 6.07) is 3.68. The largest absolute Gasteiger partial charge is 0.372 e. The smallest absolute Gasteiger partial charge is 0.259 e. The van der Waals surface area contributed by atoms with Gasteiger partial charge in [0.1, 0.15) is 5.82 Å². The van der Waals surface area contributed by atoms with E-state index < -0.39 is 0 Å². The standard InChI is InChI=1S/C16H20N4O2S/c1-10-9-23-16(18-10)19-15(21)13-4-5-14(17-6-13)20-7-11(2)22-12(3)8-20/h4-6,9,11-12H,7-8H2,1-3H3,(H,18,19,21)/t11-,12+. The first kappa shape index (κ1) is 15.9. The predicted octanol–water partition coefficient (Wildman–Crippen LogP) is 2.71. The Morgan fingerprint density at radius 3 is 2.65 bits per heavy atom. The highest BCUT2D eigenvalue weighted by Crippen LogP contribution is 2.19. The number of aryl methyl sites for hydroxylation is 1. The van der Waals surface area contributed by atoms with Crippen molar-refractivity contribution >= 4 is 28.2 Å². The maximum atomic E-state index is 12.2. The van der Waals surface area contributed by atoms with Gasteiger partial charge in [0.2, 0.25) is 0 Å². The van der Waals surface area contributed by atoms with Crippen LogP contribution in [-0.4, -0.2) is 41.2 Å². The molecule has 6 nitrogen and oxygen atoms in total. The van der Waals surface area contributed by atoms with Gasteiger partial charge >= 0.3 is 0 Å². The van der Waals surface area contributed by atoms with Crippen LogP contribution in [0, 0.1) is 6.92 Å². The van der Waals surface area contributed by atoms with Crippen LogP contribution in [0.3, 0.4) is 0 Å². The molecule has 3 rings (SSSR count). The van der Waals surface area contributed by atoms with Gasteiger partial charge in [-0.15, -0.1) is 11.3 Å². The molecule has 0 spiro atoms. The first-order valence-corrected chi connectivity index (χ1v) is 8.49. The van der Waals surface area contributed by atoms with Gasteiger partial charge in [-0.3, -0.25) is 10.1 Å². The lowest BCUT2D eigenvalue weighted by atomic mass is 10.2. The van der Waals surface area contributed by atoms with E-state index in [1.54, 1.807) is 12.3 Å². The number of morpholine rings is 1. The summed E-state index contributed by atoms with van der Waals surface area (Å²) in [7, 11) is 0. The van der Waals surface area contributed by atoms with E-state index in [1.807, 2.05) is 18.4 Å². The Bertz CT molecular complexity index is 676. The highest BCUT2D eigenvalue weighted by atomic mass is 32.1. The topological polar surface area (TPSA) is 67.4 Å². The average molecular weight is 332 g/mol. The number of anilines is 2. The zero-order chi connectivity index (χ0) is 16.4. The lowest BCUT2D eigenvalue weighted by Gasteiger charge is -2.36. The van der Waals surface area contributed by atoms with Crippen LogP contribution in [0.15, 0.2) is 23.7 Å². The molecule has 1 saturated heterocycles. The van der Waals surface area contributed by atoms with Crippen LogP contribution in [0.5, 0.6) is 0 Å². The molecular weight excluding hydrogens is 312 g/mol. The second-order valence-electron chi connectivity index (χ2n) is 5.82. The molecule has 1 aliphatic rings. The van der Waals surface area contributed by atoms with E-state index in [1.165, 1.54) is 11.3 Å². The third-order valence-electron chi connectivity index (χ3n) is 3.59. The molecule has 1 N–H and O–H groups in total. The first-order valence-electron chi connectivity index (χ1n) is 7.61. The van der Waals surface area contributed by atoms with Gasteiger partial charge in [-0.05, 0) is 32.9 Å². The summed E-state index contributed by atoms with van der Waals surface area (Å²) in [5, 5.41) is 5.29. The molecule has 0 saturated carbocycles. The molecule has 0 aromatic carbocycles. The van der Waals surface area contributed by atoms with Crippen LogP contribution in [0.2, 0.25) is 0 Å². The number of nitrogens with one attached hydrogen (secondary N) is 1. The number of thiazole rings is 1. The Hall–Kier alpha value is -1.99. The van der Waals surface area contributed by atoms with E-state index in [2.05, 4.69) is 34.0 Å². The third kappa shape index (κ3) is 3.86. The van der Waals surface area contributed by atoms with E-state index in [0.29, 0.717) is 10.7 Å². The van der Waals surface area contributed by atoms with E-state index in [9.17, 15) is 4.79 Å². The van der Waals surface area contributed by atoms with E-state index >= 15 is 0 Å². The van der Waals surface area contributed by atoms with Crippen LogP contribution in [0.4, 0.5) is 10.9 Å². The summed E-state index contributed by atoms with van der Waals surface area (Å²) in [5.41, 5.74) is 1.42. The zero-order valence-corrected chi connectivity index (χ0v) is 14.3. The molecule has 2 aromatic heterocycles. The summed E-state index contributed by atoms with van der Waals surface area (Å²) in [6.45, 7) is 7.62. The fourth-order valence-corrected chi connectivity index (χ4v) is 3.34. The number of carbonyl (C=O) groups excluding carboxylic acids is 1. The van der Waals surface area contributed by atoms with Crippen LogP contribution in [0.1, 0.15) is 29.9 Å². The Balaban J connectivity index is 1.68. The Morgan fingerprint density at radius 1 is 1.35 bits per heavy atom. The van der Waals surface area contributed by atoms with Crippen LogP contribution >= 0.6 is 11.3 Å². The van der Waals surface area contributed by atoms with Crippen LogP contribution < -0.4 is 10.2 Å². The quantitative estimate of drug-likeness (QED) is 0.936. The summed E-state index contributed by atoms with van der Waals surface area (Å²) in [5.74, 6) is 0.677. The van der Waals surface area contributed by atoms with Crippen molar-refractivity contribution in [1.29, 1.82) is 0 Å².